The molecule has 26 heavy (non-hydrogen) atoms. The molecular formula is C25H27N. The summed E-state index contributed by atoms with van der Waals surface area (Å²) in [5.41, 5.74) is 6.69. The first-order valence-corrected chi connectivity index (χ1v) is 9.50. The van der Waals surface area contributed by atoms with Crippen molar-refractivity contribution < 1.29 is 0 Å². The number of benzene rings is 3. The lowest BCUT2D eigenvalue weighted by Gasteiger charge is -2.19. The van der Waals surface area contributed by atoms with Gasteiger partial charge in [0.1, 0.15) is 0 Å². The van der Waals surface area contributed by atoms with Gasteiger partial charge < -0.3 is 4.57 Å². The maximum atomic E-state index is 2.42. The molecule has 0 fully saturated rings. The van der Waals surface area contributed by atoms with Gasteiger partial charge in [-0.05, 0) is 46.7 Å². The molecule has 4 aromatic rings. The smallest absolute Gasteiger partial charge is 0.0544 e. The van der Waals surface area contributed by atoms with Crippen molar-refractivity contribution in [2.24, 2.45) is 0 Å². The Morgan fingerprint density at radius 2 is 1.35 bits per heavy atom. The van der Waals surface area contributed by atoms with Crippen molar-refractivity contribution in [2.45, 2.75) is 46.0 Å². The third-order valence-corrected chi connectivity index (χ3v) is 5.34. The molecule has 1 heterocycles. The predicted octanol–water partition coefficient (Wildman–Crippen LogP) is 7.20. The van der Waals surface area contributed by atoms with E-state index in [9.17, 15) is 0 Å². The predicted molar refractivity (Wildman–Crippen MR) is 114 cm³/mol. The highest BCUT2D eigenvalue weighted by atomic mass is 15.0. The molecule has 132 valence electrons. The summed E-state index contributed by atoms with van der Waals surface area (Å²) in [4.78, 5) is 0. The van der Waals surface area contributed by atoms with Crippen LogP contribution >= 0.6 is 0 Å². The van der Waals surface area contributed by atoms with Crippen molar-refractivity contribution in [3.63, 3.8) is 0 Å². The van der Waals surface area contributed by atoms with Gasteiger partial charge in [-0.1, -0.05) is 77.1 Å². The minimum Gasteiger partial charge on any atom is -0.309 e. The zero-order valence-electron chi connectivity index (χ0n) is 16.4. The molecule has 0 aliphatic rings. The second-order valence-electron chi connectivity index (χ2n) is 8.58. The topological polar surface area (TPSA) is 4.93 Å². The zero-order valence-corrected chi connectivity index (χ0v) is 16.4. The van der Waals surface area contributed by atoms with Crippen LogP contribution in [0.5, 0.6) is 0 Å². The van der Waals surface area contributed by atoms with E-state index in [1.807, 2.05) is 0 Å². The molecule has 0 atom stereocenters. The van der Waals surface area contributed by atoms with Crippen LogP contribution in [0.3, 0.4) is 0 Å². The Bertz CT molecular complexity index is 1080. The number of nitrogens with zero attached hydrogens (tertiary/aromatic N) is 1. The molecule has 0 bridgehead atoms. The number of fused-ring (bicyclic) bond motifs is 3. The third-order valence-electron chi connectivity index (χ3n) is 5.34. The Morgan fingerprint density at radius 3 is 1.96 bits per heavy atom. The second-order valence-corrected chi connectivity index (χ2v) is 8.58. The van der Waals surface area contributed by atoms with Gasteiger partial charge in [-0.3, -0.25) is 0 Å². The van der Waals surface area contributed by atoms with Gasteiger partial charge in [-0.2, -0.15) is 0 Å². The van der Waals surface area contributed by atoms with Crippen LogP contribution < -0.4 is 0 Å². The number of hydrogen-bond donors (Lipinski definition) is 0. The van der Waals surface area contributed by atoms with E-state index in [2.05, 4.69) is 106 Å². The lowest BCUT2D eigenvalue weighted by molar-refractivity contribution is 0.591. The van der Waals surface area contributed by atoms with Crippen LogP contribution in [-0.4, -0.2) is 4.57 Å². The fraction of sp³-hybridized carbons (Fsp3) is 0.280. The maximum Gasteiger partial charge on any atom is 0.0544 e. The van der Waals surface area contributed by atoms with Gasteiger partial charge in [0.05, 0.1) is 11.0 Å². The van der Waals surface area contributed by atoms with Crippen LogP contribution in [0.25, 0.3) is 27.5 Å². The molecule has 0 aliphatic heterocycles. The number of aromatic nitrogens is 1. The molecule has 0 aliphatic carbocycles. The molecule has 4 rings (SSSR count). The average molecular weight is 341 g/mol. The fourth-order valence-electron chi connectivity index (χ4n) is 3.72. The van der Waals surface area contributed by atoms with Gasteiger partial charge in [-0.15, -0.1) is 0 Å². The van der Waals surface area contributed by atoms with Gasteiger partial charge in [0.25, 0.3) is 0 Å². The zero-order chi connectivity index (χ0) is 18.5. The quantitative estimate of drug-likeness (QED) is 0.363. The first-order chi connectivity index (χ1) is 12.4. The summed E-state index contributed by atoms with van der Waals surface area (Å²) in [6.45, 7) is 11.4. The van der Waals surface area contributed by atoms with Crippen molar-refractivity contribution in [1.29, 1.82) is 0 Å². The fourth-order valence-corrected chi connectivity index (χ4v) is 3.72. The lowest BCUT2D eigenvalue weighted by atomic mass is 9.86. The highest BCUT2D eigenvalue weighted by Gasteiger charge is 2.18. The van der Waals surface area contributed by atoms with Gasteiger partial charge in [0.2, 0.25) is 0 Å². The first-order valence-electron chi connectivity index (χ1n) is 9.50. The summed E-state index contributed by atoms with van der Waals surface area (Å²) in [6, 6.07) is 24.6. The SMILES string of the molecule is CC(C)c1ccc2c3ccc(C(C)(C)C)cc3n(-c3ccccc3)c2c1. The van der Waals surface area contributed by atoms with Crippen LogP contribution in [0.4, 0.5) is 0 Å². The summed E-state index contributed by atoms with van der Waals surface area (Å²) in [5.74, 6) is 0.520. The van der Waals surface area contributed by atoms with Crippen LogP contribution in [-0.2, 0) is 5.41 Å². The van der Waals surface area contributed by atoms with Crippen molar-refractivity contribution in [3.05, 3.63) is 77.9 Å². The number of para-hydroxylation sites is 1. The lowest BCUT2D eigenvalue weighted by Crippen LogP contribution is -2.10. The van der Waals surface area contributed by atoms with Gasteiger partial charge in [0.15, 0.2) is 0 Å². The summed E-state index contributed by atoms with van der Waals surface area (Å²) < 4.78 is 2.42. The molecule has 0 saturated heterocycles. The Labute approximate surface area is 156 Å². The second kappa shape index (κ2) is 6.02. The van der Waals surface area contributed by atoms with Gasteiger partial charge in [-0.25, -0.2) is 0 Å². The molecule has 1 heteroatoms. The van der Waals surface area contributed by atoms with Crippen LogP contribution in [0.2, 0.25) is 0 Å². The molecule has 0 amide bonds. The summed E-state index contributed by atoms with van der Waals surface area (Å²) in [5, 5.41) is 2.65. The first kappa shape index (κ1) is 16.9. The van der Waals surface area contributed by atoms with E-state index < -0.39 is 0 Å². The third kappa shape index (κ3) is 2.72. The van der Waals surface area contributed by atoms with E-state index >= 15 is 0 Å². The van der Waals surface area contributed by atoms with Crippen molar-refractivity contribution in [2.75, 3.05) is 0 Å². The maximum absolute atomic E-state index is 2.42. The summed E-state index contributed by atoms with van der Waals surface area (Å²) >= 11 is 0. The van der Waals surface area contributed by atoms with E-state index in [0.717, 1.165) is 0 Å². The normalized spacial score (nSPS) is 12.4. The van der Waals surface area contributed by atoms with Crippen LogP contribution in [0.15, 0.2) is 66.7 Å². The molecule has 0 N–H and O–H groups in total. The van der Waals surface area contributed by atoms with Gasteiger partial charge >= 0.3 is 0 Å². The van der Waals surface area contributed by atoms with E-state index in [0.29, 0.717) is 5.92 Å². The highest BCUT2D eigenvalue weighted by Crippen LogP contribution is 2.36. The average Bonchev–Trinajstić information content (AvgIpc) is 2.94. The molecule has 0 saturated carbocycles. The summed E-state index contributed by atoms with van der Waals surface area (Å²) in [7, 11) is 0. The Hall–Kier alpha value is -2.54. The Balaban J connectivity index is 2.14. The number of hydrogen-bond acceptors (Lipinski definition) is 0. The molecule has 0 radical (unpaired) electrons. The molecule has 0 spiro atoms. The monoisotopic (exact) mass is 341 g/mol. The molecule has 1 aromatic heterocycles. The Morgan fingerprint density at radius 1 is 0.731 bits per heavy atom. The van der Waals surface area contributed by atoms with E-state index in [1.54, 1.807) is 0 Å². The molecular weight excluding hydrogens is 314 g/mol. The largest absolute Gasteiger partial charge is 0.309 e. The number of rotatable bonds is 2. The van der Waals surface area contributed by atoms with E-state index in [4.69, 9.17) is 0 Å². The molecule has 3 aromatic carbocycles. The summed E-state index contributed by atoms with van der Waals surface area (Å²) in [6.07, 6.45) is 0. The van der Waals surface area contributed by atoms with Crippen LogP contribution in [0, 0.1) is 0 Å². The van der Waals surface area contributed by atoms with Crippen molar-refractivity contribution in [3.8, 4) is 5.69 Å². The van der Waals surface area contributed by atoms with Crippen molar-refractivity contribution in [1.82, 2.24) is 4.57 Å². The van der Waals surface area contributed by atoms with Crippen LogP contribution in [0.1, 0.15) is 51.7 Å². The van der Waals surface area contributed by atoms with Crippen molar-refractivity contribution >= 4 is 21.8 Å². The highest BCUT2D eigenvalue weighted by molar-refractivity contribution is 6.09. The van der Waals surface area contributed by atoms with E-state index in [-0.39, 0.29) is 5.41 Å². The standard InChI is InChI=1S/C25H27N/c1-17(2)18-11-13-21-22-14-12-19(25(3,4)5)16-24(22)26(23(21)15-18)20-9-7-6-8-10-20/h6-17H,1-5H3. The van der Waals surface area contributed by atoms with E-state index in [1.165, 1.54) is 38.6 Å². The van der Waals surface area contributed by atoms with Gasteiger partial charge in [0, 0.05) is 16.5 Å². The molecule has 0 unspecified atom stereocenters. The minimum absolute atomic E-state index is 0.134. The molecule has 1 nitrogen and oxygen atoms in total. The minimum atomic E-state index is 0.134. The Kier molecular flexibility index (Phi) is 3.91.